The number of carbonyl (C=O) groups is 1. The van der Waals surface area contributed by atoms with Gasteiger partial charge in [0.15, 0.2) is 11.5 Å². The Bertz CT molecular complexity index is 701. The minimum absolute atomic E-state index is 0.0187. The second-order valence-corrected chi connectivity index (χ2v) is 7.39. The number of fused-ring (bicyclic) bond motifs is 1. The van der Waals surface area contributed by atoms with E-state index in [1.807, 2.05) is 0 Å². The Hall–Kier alpha value is -1.80. The Kier molecular flexibility index (Phi) is 3.73. The summed E-state index contributed by atoms with van der Waals surface area (Å²) >= 11 is 0. The van der Waals surface area contributed by atoms with Crippen LogP contribution in [0.1, 0.15) is 19.8 Å². The average Bonchev–Trinajstić information content (AvgIpc) is 2.95. The molecule has 2 aliphatic rings. The molecule has 8 heteroatoms. The standard InChI is InChI=1S/C14H17NO6S/c1-9-5-6-10(14(16)17)7-15(9)22(18,19)12-4-2-3-11-13(12)21-8-20-11/h2-4,9-10H,5-8H2,1H3,(H,16,17). The molecule has 0 bridgehead atoms. The van der Waals surface area contributed by atoms with E-state index >= 15 is 0 Å². The van der Waals surface area contributed by atoms with Crippen LogP contribution in [0.4, 0.5) is 0 Å². The molecule has 0 radical (unpaired) electrons. The number of carboxylic acids is 1. The van der Waals surface area contributed by atoms with Crippen molar-refractivity contribution in [1.82, 2.24) is 4.31 Å². The number of hydrogen-bond donors (Lipinski definition) is 1. The number of aliphatic carboxylic acids is 1. The molecule has 3 rings (SSSR count). The van der Waals surface area contributed by atoms with Crippen molar-refractivity contribution < 1.29 is 27.8 Å². The molecule has 0 aromatic heterocycles. The van der Waals surface area contributed by atoms with Crippen molar-refractivity contribution in [2.24, 2.45) is 5.92 Å². The van der Waals surface area contributed by atoms with Gasteiger partial charge in [-0.1, -0.05) is 6.07 Å². The molecule has 0 amide bonds. The van der Waals surface area contributed by atoms with Crippen LogP contribution in [-0.2, 0) is 14.8 Å². The first kappa shape index (κ1) is 15.1. The van der Waals surface area contributed by atoms with Crippen LogP contribution >= 0.6 is 0 Å². The third-order valence-corrected chi connectivity index (χ3v) is 6.12. The molecule has 2 aliphatic heterocycles. The fraction of sp³-hybridized carbons (Fsp3) is 0.500. The Morgan fingerprint density at radius 3 is 2.82 bits per heavy atom. The SMILES string of the molecule is CC1CCC(C(=O)O)CN1S(=O)(=O)c1cccc2c1OCO2. The van der Waals surface area contributed by atoms with E-state index in [0.29, 0.717) is 18.6 Å². The summed E-state index contributed by atoms with van der Waals surface area (Å²) in [6.45, 7) is 1.74. The highest BCUT2D eigenvalue weighted by atomic mass is 32.2. The fourth-order valence-corrected chi connectivity index (χ4v) is 4.70. The smallest absolute Gasteiger partial charge is 0.307 e. The van der Waals surface area contributed by atoms with Crippen LogP contribution < -0.4 is 9.47 Å². The number of carboxylic acid groups (broad SMARTS) is 1. The van der Waals surface area contributed by atoms with Gasteiger partial charge in [0.1, 0.15) is 4.90 Å². The zero-order chi connectivity index (χ0) is 15.9. The van der Waals surface area contributed by atoms with Crippen molar-refractivity contribution in [1.29, 1.82) is 0 Å². The van der Waals surface area contributed by atoms with Crippen molar-refractivity contribution >= 4 is 16.0 Å². The second-order valence-electron chi connectivity index (χ2n) is 5.53. The summed E-state index contributed by atoms with van der Waals surface area (Å²) in [5, 5.41) is 9.17. The largest absolute Gasteiger partial charge is 0.481 e. The maximum Gasteiger partial charge on any atom is 0.307 e. The number of benzene rings is 1. The van der Waals surface area contributed by atoms with Gasteiger partial charge in [0, 0.05) is 12.6 Å². The molecule has 2 atom stereocenters. The Balaban J connectivity index is 1.99. The van der Waals surface area contributed by atoms with Crippen LogP contribution in [0.15, 0.2) is 23.1 Å². The monoisotopic (exact) mass is 327 g/mol. The van der Waals surface area contributed by atoms with Gasteiger partial charge in [0.05, 0.1) is 5.92 Å². The molecular weight excluding hydrogens is 310 g/mol. The zero-order valence-corrected chi connectivity index (χ0v) is 12.9. The van der Waals surface area contributed by atoms with Crippen molar-refractivity contribution in [3.05, 3.63) is 18.2 Å². The van der Waals surface area contributed by atoms with E-state index in [0.717, 1.165) is 0 Å². The lowest BCUT2D eigenvalue weighted by Gasteiger charge is -2.35. The lowest BCUT2D eigenvalue weighted by atomic mass is 9.96. The van der Waals surface area contributed by atoms with Gasteiger partial charge in [-0.2, -0.15) is 4.31 Å². The summed E-state index contributed by atoms with van der Waals surface area (Å²) in [5.74, 6) is -1.06. The third-order valence-electron chi connectivity index (χ3n) is 4.12. The van der Waals surface area contributed by atoms with Crippen molar-refractivity contribution in [3.63, 3.8) is 0 Å². The van der Waals surface area contributed by atoms with E-state index in [1.165, 1.54) is 10.4 Å². The quantitative estimate of drug-likeness (QED) is 0.899. The van der Waals surface area contributed by atoms with Gasteiger partial charge < -0.3 is 14.6 Å². The highest BCUT2D eigenvalue weighted by Gasteiger charge is 2.39. The summed E-state index contributed by atoms with van der Waals surface area (Å²) in [6.07, 6.45) is 0.998. The number of piperidine rings is 1. The summed E-state index contributed by atoms with van der Waals surface area (Å²) in [5.41, 5.74) is 0. The second kappa shape index (κ2) is 5.44. The van der Waals surface area contributed by atoms with E-state index in [-0.39, 0.29) is 30.0 Å². The molecule has 1 N–H and O–H groups in total. The van der Waals surface area contributed by atoms with E-state index in [2.05, 4.69) is 0 Å². The van der Waals surface area contributed by atoms with Crippen LogP contribution in [0, 0.1) is 5.92 Å². The summed E-state index contributed by atoms with van der Waals surface area (Å²) in [7, 11) is -3.84. The van der Waals surface area contributed by atoms with Crippen LogP contribution in [-0.4, -0.2) is 43.2 Å². The van der Waals surface area contributed by atoms with Gasteiger partial charge in [0.25, 0.3) is 0 Å². The summed E-state index contributed by atoms with van der Waals surface area (Å²) in [4.78, 5) is 11.2. The highest BCUT2D eigenvalue weighted by molar-refractivity contribution is 7.89. The number of rotatable bonds is 3. The van der Waals surface area contributed by atoms with E-state index in [9.17, 15) is 13.2 Å². The average molecular weight is 327 g/mol. The first-order valence-corrected chi connectivity index (χ1v) is 8.48. The molecule has 0 spiro atoms. The predicted molar refractivity (Wildman–Crippen MR) is 76.3 cm³/mol. The number of para-hydroxylation sites is 1. The maximum atomic E-state index is 12.9. The normalized spacial score (nSPS) is 25.1. The first-order valence-electron chi connectivity index (χ1n) is 7.04. The summed E-state index contributed by atoms with van der Waals surface area (Å²) in [6, 6.07) is 4.43. The Morgan fingerprint density at radius 2 is 2.09 bits per heavy atom. The van der Waals surface area contributed by atoms with E-state index in [1.54, 1.807) is 19.1 Å². The van der Waals surface area contributed by atoms with Crippen LogP contribution in [0.25, 0.3) is 0 Å². The molecule has 1 saturated heterocycles. The molecule has 120 valence electrons. The minimum atomic E-state index is -3.84. The molecular formula is C14H17NO6S. The van der Waals surface area contributed by atoms with Gasteiger partial charge in [0.2, 0.25) is 16.8 Å². The van der Waals surface area contributed by atoms with Crippen LogP contribution in [0.3, 0.4) is 0 Å². The lowest BCUT2D eigenvalue weighted by molar-refractivity contribution is -0.143. The molecule has 0 aliphatic carbocycles. The number of hydrogen-bond acceptors (Lipinski definition) is 5. The van der Waals surface area contributed by atoms with Crippen LogP contribution in [0.5, 0.6) is 11.5 Å². The highest BCUT2D eigenvalue weighted by Crippen LogP contribution is 2.40. The number of sulfonamides is 1. The number of ether oxygens (including phenoxy) is 2. The number of nitrogens with zero attached hydrogens (tertiary/aromatic N) is 1. The van der Waals surface area contributed by atoms with Crippen molar-refractivity contribution in [2.45, 2.75) is 30.7 Å². The molecule has 2 unspecified atom stereocenters. The van der Waals surface area contributed by atoms with Crippen LogP contribution in [0.2, 0.25) is 0 Å². The topological polar surface area (TPSA) is 93.1 Å². The molecule has 1 fully saturated rings. The van der Waals surface area contributed by atoms with Gasteiger partial charge in [-0.3, -0.25) is 4.79 Å². The van der Waals surface area contributed by atoms with Gasteiger partial charge in [-0.05, 0) is 31.9 Å². The molecule has 1 aromatic carbocycles. The van der Waals surface area contributed by atoms with Crippen molar-refractivity contribution in [2.75, 3.05) is 13.3 Å². The summed E-state index contributed by atoms with van der Waals surface area (Å²) < 4.78 is 37.6. The Morgan fingerprint density at radius 1 is 1.32 bits per heavy atom. The maximum absolute atomic E-state index is 12.9. The molecule has 1 aromatic rings. The van der Waals surface area contributed by atoms with E-state index < -0.39 is 21.9 Å². The predicted octanol–water partition coefficient (Wildman–Crippen LogP) is 1.29. The van der Waals surface area contributed by atoms with Gasteiger partial charge in [-0.25, -0.2) is 8.42 Å². The first-order chi connectivity index (χ1) is 10.4. The minimum Gasteiger partial charge on any atom is -0.481 e. The van der Waals surface area contributed by atoms with Gasteiger partial charge in [-0.15, -0.1) is 0 Å². The zero-order valence-electron chi connectivity index (χ0n) is 12.1. The molecule has 7 nitrogen and oxygen atoms in total. The third kappa shape index (κ3) is 2.42. The lowest BCUT2D eigenvalue weighted by Crippen LogP contribution is -2.47. The molecule has 0 saturated carbocycles. The fourth-order valence-electron chi connectivity index (χ4n) is 2.84. The molecule has 22 heavy (non-hydrogen) atoms. The van der Waals surface area contributed by atoms with Crippen molar-refractivity contribution in [3.8, 4) is 11.5 Å². The van der Waals surface area contributed by atoms with E-state index in [4.69, 9.17) is 14.6 Å². The Labute approximate surface area is 128 Å². The van der Waals surface area contributed by atoms with Gasteiger partial charge >= 0.3 is 5.97 Å². The molecule has 2 heterocycles.